The number of nitrogens with two attached hydrogens (primary N) is 1. The van der Waals surface area contributed by atoms with E-state index in [9.17, 15) is 4.79 Å². The molecule has 0 aliphatic heterocycles. The van der Waals surface area contributed by atoms with E-state index in [4.69, 9.17) is 5.73 Å². The average Bonchev–Trinajstić information content (AvgIpc) is 2.07. The Morgan fingerprint density at radius 3 is 2.50 bits per heavy atom. The van der Waals surface area contributed by atoms with Crippen molar-refractivity contribution in [2.75, 3.05) is 0 Å². The summed E-state index contributed by atoms with van der Waals surface area (Å²) in [6.45, 7) is 6.82. The second-order valence-electron chi connectivity index (χ2n) is 4.13. The topological polar surface area (TPSA) is 48.0 Å². The Hall–Kier alpha value is -1.09. The maximum Gasteiger partial charge on any atom is 0.250 e. The fourth-order valence-corrected chi connectivity index (χ4v) is 1.35. The lowest BCUT2D eigenvalue weighted by Gasteiger charge is -2.10. The molecule has 0 bridgehead atoms. The molecule has 14 heavy (non-hydrogen) atoms. The summed E-state index contributed by atoms with van der Waals surface area (Å²) in [6, 6.07) is 3.46. The number of nitrogens with zero attached hydrogens (tertiary/aromatic N) is 1. The molecule has 78 valence electrons. The zero-order valence-electron chi connectivity index (χ0n) is 9.03. The standard InChI is InChI=1S/C11H18N2O/c1-8(2)7-13-5-4-10(9(3)12)6-11(13)14/h4-6,8-9H,7,12H2,1-3H3. The first-order valence-electron chi connectivity index (χ1n) is 4.96. The highest BCUT2D eigenvalue weighted by Crippen LogP contribution is 2.05. The predicted molar refractivity (Wildman–Crippen MR) is 58.1 cm³/mol. The van der Waals surface area contributed by atoms with Crippen LogP contribution >= 0.6 is 0 Å². The first-order chi connectivity index (χ1) is 6.50. The largest absolute Gasteiger partial charge is 0.324 e. The van der Waals surface area contributed by atoms with Crippen LogP contribution in [0.15, 0.2) is 23.1 Å². The third-order valence-electron chi connectivity index (χ3n) is 2.11. The summed E-state index contributed by atoms with van der Waals surface area (Å²) in [5, 5.41) is 0. The highest BCUT2D eigenvalue weighted by Gasteiger charge is 2.03. The van der Waals surface area contributed by atoms with E-state index >= 15 is 0 Å². The van der Waals surface area contributed by atoms with Gasteiger partial charge in [-0.15, -0.1) is 0 Å². The van der Waals surface area contributed by atoms with E-state index in [1.165, 1.54) is 0 Å². The zero-order chi connectivity index (χ0) is 10.7. The van der Waals surface area contributed by atoms with Gasteiger partial charge in [-0.05, 0) is 24.5 Å². The van der Waals surface area contributed by atoms with Crippen LogP contribution in [0, 0.1) is 5.92 Å². The molecule has 0 amide bonds. The van der Waals surface area contributed by atoms with Gasteiger partial charge in [-0.3, -0.25) is 4.79 Å². The Morgan fingerprint density at radius 1 is 1.43 bits per heavy atom. The van der Waals surface area contributed by atoms with Crippen LogP contribution in [0.5, 0.6) is 0 Å². The molecule has 0 spiro atoms. The quantitative estimate of drug-likeness (QED) is 0.793. The lowest BCUT2D eigenvalue weighted by Crippen LogP contribution is -2.22. The predicted octanol–water partition coefficient (Wildman–Crippen LogP) is 1.52. The molecule has 1 unspecified atom stereocenters. The van der Waals surface area contributed by atoms with Gasteiger partial charge < -0.3 is 10.3 Å². The van der Waals surface area contributed by atoms with E-state index in [-0.39, 0.29) is 11.6 Å². The van der Waals surface area contributed by atoms with Crippen molar-refractivity contribution in [1.29, 1.82) is 0 Å². The summed E-state index contributed by atoms with van der Waals surface area (Å²) in [5.41, 5.74) is 6.62. The number of rotatable bonds is 3. The van der Waals surface area contributed by atoms with Gasteiger partial charge in [0.05, 0.1) is 0 Å². The van der Waals surface area contributed by atoms with Crippen LogP contribution in [0.3, 0.4) is 0 Å². The van der Waals surface area contributed by atoms with Gasteiger partial charge in [-0.25, -0.2) is 0 Å². The van der Waals surface area contributed by atoms with Gasteiger partial charge in [-0.1, -0.05) is 13.8 Å². The molecule has 1 heterocycles. The van der Waals surface area contributed by atoms with Gasteiger partial charge in [0.2, 0.25) is 0 Å². The van der Waals surface area contributed by atoms with E-state index in [2.05, 4.69) is 13.8 Å². The van der Waals surface area contributed by atoms with Crippen molar-refractivity contribution in [3.8, 4) is 0 Å². The summed E-state index contributed by atoms with van der Waals surface area (Å²) in [6.07, 6.45) is 1.82. The van der Waals surface area contributed by atoms with Crippen LogP contribution in [0.2, 0.25) is 0 Å². The van der Waals surface area contributed by atoms with Crippen LogP contribution < -0.4 is 11.3 Å². The van der Waals surface area contributed by atoms with Gasteiger partial charge in [0.1, 0.15) is 0 Å². The molecule has 0 aromatic carbocycles. The van der Waals surface area contributed by atoms with Crippen molar-refractivity contribution >= 4 is 0 Å². The van der Waals surface area contributed by atoms with Crippen molar-refractivity contribution in [3.05, 3.63) is 34.2 Å². The highest BCUT2D eigenvalue weighted by molar-refractivity contribution is 5.14. The molecular formula is C11H18N2O. The van der Waals surface area contributed by atoms with Crippen LogP contribution in [0.4, 0.5) is 0 Å². The van der Waals surface area contributed by atoms with Crippen molar-refractivity contribution in [1.82, 2.24) is 4.57 Å². The normalized spacial score (nSPS) is 13.2. The van der Waals surface area contributed by atoms with E-state index in [0.717, 1.165) is 12.1 Å². The molecule has 1 rings (SSSR count). The minimum atomic E-state index is -0.0728. The molecule has 1 aromatic rings. The Bertz CT molecular complexity index is 353. The smallest absolute Gasteiger partial charge is 0.250 e. The van der Waals surface area contributed by atoms with Crippen LogP contribution in [0.25, 0.3) is 0 Å². The average molecular weight is 194 g/mol. The van der Waals surface area contributed by atoms with E-state index in [0.29, 0.717) is 5.92 Å². The summed E-state index contributed by atoms with van der Waals surface area (Å²) < 4.78 is 1.72. The van der Waals surface area contributed by atoms with Crippen LogP contribution in [-0.4, -0.2) is 4.57 Å². The Morgan fingerprint density at radius 2 is 2.07 bits per heavy atom. The monoisotopic (exact) mass is 194 g/mol. The maximum absolute atomic E-state index is 11.6. The minimum Gasteiger partial charge on any atom is -0.324 e. The zero-order valence-corrected chi connectivity index (χ0v) is 9.03. The third-order valence-corrected chi connectivity index (χ3v) is 2.11. The molecule has 0 fully saturated rings. The molecule has 2 N–H and O–H groups in total. The molecule has 3 nitrogen and oxygen atoms in total. The van der Waals surface area contributed by atoms with Gasteiger partial charge in [0.15, 0.2) is 0 Å². The van der Waals surface area contributed by atoms with Crippen molar-refractivity contribution < 1.29 is 0 Å². The van der Waals surface area contributed by atoms with Crippen molar-refractivity contribution in [2.24, 2.45) is 11.7 Å². The first kappa shape index (κ1) is 11.0. The fourth-order valence-electron chi connectivity index (χ4n) is 1.35. The molecule has 0 aliphatic carbocycles. The molecular weight excluding hydrogens is 176 g/mol. The van der Waals surface area contributed by atoms with Gasteiger partial charge in [-0.2, -0.15) is 0 Å². The van der Waals surface area contributed by atoms with Gasteiger partial charge in [0, 0.05) is 24.8 Å². The van der Waals surface area contributed by atoms with Crippen LogP contribution in [-0.2, 0) is 6.54 Å². The van der Waals surface area contributed by atoms with Gasteiger partial charge in [0.25, 0.3) is 5.56 Å². The Kier molecular flexibility index (Phi) is 3.47. The lowest BCUT2D eigenvalue weighted by atomic mass is 10.1. The summed E-state index contributed by atoms with van der Waals surface area (Å²) in [7, 11) is 0. The molecule has 0 aliphatic rings. The van der Waals surface area contributed by atoms with Crippen LogP contribution in [0.1, 0.15) is 32.4 Å². The second kappa shape index (κ2) is 4.42. The minimum absolute atomic E-state index is 0.0356. The second-order valence-corrected chi connectivity index (χ2v) is 4.13. The number of aromatic nitrogens is 1. The third kappa shape index (κ3) is 2.70. The molecule has 1 aromatic heterocycles. The molecule has 0 saturated heterocycles. The molecule has 3 heteroatoms. The molecule has 1 atom stereocenters. The molecule has 0 radical (unpaired) electrons. The van der Waals surface area contributed by atoms with Gasteiger partial charge >= 0.3 is 0 Å². The fraction of sp³-hybridized carbons (Fsp3) is 0.545. The summed E-state index contributed by atoms with van der Waals surface area (Å²) in [4.78, 5) is 11.6. The number of hydrogen-bond acceptors (Lipinski definition) is 2. The number of pyridine rings is 1. The number of hydrogen-bond donors (Lipinski definition) is 1. The lowest BCUT2D eigenvalue weighted by molar-refractivity contribution is 0.510. The maximum atomic E-state index is 11.6. The first-order valence-corrected chi connectivity index (χ1v) is 4.96. The van der Waals surface area contributed by atoms with Crippen molar-refractivity contribution in [2.45, 2.75) is 33.4 Å². The summed E-state index contributed by atoms with van der Waals surface area (Å²) >= 11 is 0. The van der Waals surface area contributed by atoms with E-state index in [1.807, 2.05) is 19.2 Å². The Balaban J connectivity index is 2.96. The summed E-state index contributed by atoms with van der Waals surface area (Å²) in [5.74, 6) is 0.480. The van der Waals surface area contributed by atoms with Crippen molar-refractivity contribution in [3.63, 3.8) is 0 Å². The molecule has 0 saturated carbocycles. The highest BCUT2D eigenvalue weighted by atomic mass is 16.1. The van der Waals surface area contributed by atoms with E-state index in [1.54, 1.807) is 10.6 Å². The SMILES string of the molecule is CC(C)Cn1ccc(C(C)N)cc1=O. The van der Waals surface area contributed by atoms with E-state index < -0.39 is 0 Å². The Labute approximate surface area is 84.6 Å².